The number of carbonyl (C=O) groups is 2. The molecule has 32 heavy (non-hydrogen) atoms. The number of rotatable bonds is 9. The van der Waals surface area contributed by atoms with Crippen molar-refractivity contribution >= 4 is 58.6 Å². The predicted octanol–water partition coefficient (Wildman–Crippen LogP) is 3.62. The third kappa shape index (κ3) is 6.95. The Morgan fingerprint density at radius 3 is 2.88 bits per heavy atom. The maximum absolute atomic E-state index is 12.3. The molecule has 3 N–H and O–H groups in total. The molecule has 0 aliphatic carbocycles. The second-order valence-corrected chi connectivity index (χ2v) is 11.4. The molecule has 1 amide bonds. The molecule has 2 heterocycles. The van der Waals surface area contributed by atoms with Crippen molar-refractivity contribution in [3.05, 3.63) is 44.9 Å². The quantitative estimate of drug-likeness (QED) is 0.455. The Balaban J connectivity index is 1.37. The number of carboxylic acid groups (broad SMARTS) is 1. The molecule has 0 aromatic heterocycles. The van der Waals surface area contributed by atoms with Crippen LogP contribution in [0, 0.1) is 5.41 Å². The molecule has 0 spiro atoms. The number of ether oxygens (including phenoxy) is 1. The maximum Gasteiger partial charge on any atom is 0.315 e. The van der Waals surface area contributed by atoms with E-state index < -0.39 is 11.4 Å². The summed E-state index contributed by atoms with van der Waals surface area (Å²) in [6.07, 6.45) is -0.0795. The van der Waals surface area contributed by atoms with Crippen molar-refractivity contribution in [3.8, 4) is 0 Å². The topological polar surface area (TPSA) is 90.9 Å². The van der Waals surface area contributed by atoms with Crippen molar-refractivity contribution < 1.29 is 19.4 Å². The Labute approximate surface area is 206 Å². The van der Waals surface area contributed by atoms with Crippen LogP contribution in [0.2, 0.25) is 10.0 Å². The van der Waals surface area contributed by atoms with Crippen LogP contribution in [-0.4, -0.2) is 64.7 Å². The minimum absolute atomic E-state index is 0.0754. The van der Waals surface area contributed by atoms with Gasteiger partial charge in [-0.05, 0) is 37.0 Å². The zero-order chi connectivity index (χ0) is 23.3. The van der Waals surface area contributed by atoms with E-state index in [4.69, 9.17) is 27.9 Å². The van der Waals surface area contributed by atoms with E-state index in [1.54, 1.807) is 19.9 Å². The van der Waals surface area contributed by atoms with E-state index >= 15 is 0 Å². The smallest absolute Gasteiger partial charge is 0.315 e. The summed E-state index contributed by atoms with van der Waals surface area (Å²) >= 11 is 15.0. The molecule has 7 nitrogen and oxygen atoms in total. The van der Waals surface area contributed by atoms with Crippen LogP contribution >= 0.6 is 46.7 Å². The van der Waals surface area contributed by atoms with E-state index in [9.17, 15) is 14.7 Å². The average molecular weight is 521 g/mol. The minimum atomic E-state index is -0.980. The highest BCUT2D eigenvalue weighted by molar-refractivity contribution is 8.18. The van der Waals surface area contributed by atoms with Gasteiger partial charge < -0.3 is 20.5 Å². The third-order valence-electron chi connectivity index (χ3n) is 5.30. The van der Waals surface area contributed by atoms with E-state index in [2.05, 4.69) is 15.5 Å². The van der Waals surface area contributed by atoms with Crippen molar-refractivity contribution in [2.75, 3.05) is 32.0 Å². The maximum atomic E-state index is 12.3. The van der Waals surface area contributed by atoms with Crippen LogP contribution in [0.1, 0.15) is 19.4 Å². The van der Waals surface area contributed by atoms with Gasteiger partial charge in [-0.2, -0.15) is 0 Å². The molecule has 1 fully saturated rings. The Hall–Kier alpha value is -1.10. The molecule has 176 valence electrons. The second-order valence-electron chi connectivity index (χ2n) is 8.17. The van der Waals surface area contributed by atoms with Gasteiger partial charge in [-0.1, -0.05) is 41.0 Å². The molecule has 2 aliphatic heterocycles. The molecule has 0 radical (unpaired) electrons. The lowest BCUT2D eigenvalue weighted by atomic mass is 9.90. The number of hydrogen-bond donors (Lipinski definition) is 3. The normalized spacial score (nSPS) is 21.7. The number of aliphatic carboxylic acids is 1. The summed E-state index contributed by atoms with van der Waals surface area (Å²) in [5.41, 5.74) is 0.762. The number of amides is 1. The molecule has 2 aliphatic rings. The van der Waals surface area contributed by atoms with E-state index in [1.807, 2.05) is 17.5 Å². The molecule has 2 atom stereocenters. The van der Waals surface area contributed by atoms with E-state index in [0.29, 0.717) is 35.4 Å². The Morgan fingerprint density at radius 1 is 1.38 bits per heavy atom. The van der Waals surface area contributed by atoms with Crippen LogP contribution in [-0.2, 0) is 20.9 Å². The highest BCUT2D eigenvalue weighted by Crippen LogP contribution is 2.37. The van der Waals surface area contributed by atoms with Crippen molar-refractivity contribution in [2.24, 2.45) is 5.41 Å². The summed E-state index contributed by atoms with van der Waals surface area (Å²) in [7, 11) is 0. The highest BCUT2D eigenvalue weighted by atomic mass is 35.5. The van der Waals surface area contributed by atoms with Crippen molar-refractivity contribution in [1.82, 2.24) is 15.5 Å². The number of benzene rings is 1. The van der Waals surface area contributed by atoms with Gasteiger partial charge >= 0.3 is 5.97 Å². The van der Waals surface area contributed by atoms with Crippen LogP contribution in [0.4, 0.5) is 0 Å². The number of nitrogens with zero attached hydrogens (tertiary/aromatic N) is 1. The first-order valence-electron chi connectivity index (χ1n) is 10.2. The van der Waals surface area contributed by atoms with Crippen LogP contribution in [0.25, 0.3) is 0 Å². The number of halogens is 2. The molecule has 1 aromatic carbocycles. The summed E-state index contributed by atoms with van der Waals surface area (Å²) in [6.45, 7) is 6.63. The highest BCUT2D eigenvalue weighted by Gasteiger charge is 2.36. The van der Waals surface area contributed by atoms with Gasteiger partial charge in [0.25, 0.3) is 0 Å². The standard InChI is InChI=1S/C21H27Cl2N3O4S2/c1-21(2,19(28)29)17-11-31-20(25-17)32-12-18(27)24-8-14-10-26(5-6-30-14)9-13-3-4-15(22)16(23)7-13/h3-4,7,11,14,20,25H,5-6,8-10,12H2,1-2H3,(H,24,27)(H,28,29)/t14-,20?/m0/s1. The lowest BCUT2D eigenvalue weighted by molar-refractivity contribution is -0.145. The Kier molecular flexibility index (Phi) is 9.05. The second kappa shape index (κ2) is 11.4. The molecular weight excluding hydrogens is 493 g/mol. The zero-order valence-electron chi connectivity index (χ0n) is 17.9. The van der Waals surface area contributed by atoms with Crippen LogP contribution in [0.5, 0.6) is 0 Å². The zero-order valence-corrected chi connectivity index (χ0v) is 21.0. The van der Waals surface area contributed by atoms with Crippen LogP contribution < -0.4 is 10.6 Å². The lowest BCUT2D eigenvalue weighted by Crippen LogP contribution is -2.47. The number of morpholine rings is 1. The number of carbonyl (C=O) groups excluding carboxylic acids is 1. The van der Waals surface area contributed by atoms with Crippen molar-refractivity contribution in [3.63, 3.8) is 0 Å². The molecule has 1 saturated heterocycles. The van der Waals surface area contributed by atoms with Gasteiger partial charge in [0.05, 0.1) is 28.5 Å². The van der Waals surface area contributed by atoms with Gasteiger partial charge in [0.2, 0.25) is 5.91 Å². The van der Waals surface area contributed by atoms with Gasteiger partial charge in [0, 0.05) is 31.9 Å². The van der Waals surface area contributed by atoms with Crippen LogP contribution in [0.15, 0.2) is 29.3 Å². The third-order valence-corrected chi connectivity index (χ3v) is 8.36. The van der Waals surface area contributed by atoms with Crippen molar-refractivity contribution in [1.29, 1.82) is 0 Å². The number of hydrogen-bond acceptors (Lipinski definition) is 7. The van der Waals surface area contributed by atoms with E-state index in [1.165, 1.54) is 23.5 Å². The predicted molar refractivity (Wildman–Crippen MR) is 131 cm³/mol. The number of carboxylic acids is 1. The largest absolute Gasteiger partial charge is 0.481 e. The summed E-state index contributed by atoms with van der Waals surface area (Å²) in [5, 5.41) is 18.4. The number of thioether (sulfide) groups is 2. The monoisotopic (exact) mass is 519 g/mol. The van der Waals surface area contributed by atoms with E-state index in [-0.39, 0.29) is 22.5 Å². The first-order chi connectivity index (χ1) is 15.1. The Bertz CT molecular complexity index is 885. The summed E-state index contributed by atoms with van der Waals surface area (Å²) in [5.74, 6) is -0.687. The van der Waals surface area contributed by atoms with Gasteiger partial charge in [0.1, 0.15) is 10.1 Å². The summed E-state index contributed by atoms with van der Waals surface area (Å²) in [4.78, 5) is 25.9. The molecule has 0 saturated carbocycles. The first kappa shape index (κ1) is 25.5. The molecule has 3 rings (SSSR count). The van der Waals surface area contributed by atoms with E-state index in [0.717, 1.165) is 18.7 Å². The first-order valence-corrected chi connectivity index (χ1v) is 12.9. The van der Waals surface area contributed by atoms with Gasteiger partial charge in [0.15, 0.2) is 0 Å². The van der Waals surface area contributed by atoms with Gasteiger partial charge in [-0.15, -0.1) is 11.8 Å². The molecule has 11 heteroatoms. The SMILES string of the molecule is CC(C)(C(=O)O)C1=CSC(SCC(=O)NC[C@H]2CN(Cc3ccc(Cl)c(Cl)c3)CCO2)N1. The summed E-state index contributed by atoms with van der Waals surface area (Å²) < 4.78 is 5.72. The van der Waals surface area contributed by atoms with Gasteiger partial charge in [-0.25, -0.2) is 0 Å². The lowest BCUT2D eigenvalue weighted by Gasteiger charge is -2.33. The van der Waals surface area contributed by atoms with Crippen molar-refractivity contribution in [2.45, 2.75) is 31.2 Å². The average Bonchev–Trinajstić information content (AvgIpc) is 3.23. The number of nitrogens with one attached hydrogen (secondary N) is 2. The summed E-state index contributed by atoms with van der Waals surface area (Å²) in [6, 6.07) is 5.64. The molecule has 0 bridgehead atoms. The molecule has 1 aromatic rings. The fourth-order valence-electron chi connectivity index (χ4n) is 3.22. The fourth-order valence-corrected chi connectivity index (χ4v) is 5.66. The molecule has 1 unspecified atom stereocenters. The molecular formula is C21H27Cl2N3O4S2. The minimum Gasteiger partial charge on any atom is -0.481 e. The Morgan fingerprint density at radius 2 is 2.16 bits per heavy atom. The fraction of sp³-hybridized carbons (Fsp3) is 0.524. The van der Waals surface area contributed by atoms with Crippen LogP contribution in [0.3, 0.4) is 0 Å². The van der Waals surface area contributed by atoms with Gasteiger partial charge in [-0.3, -0.25) is 14.5 Å².